The van der Waals surface area contributed by atoms with Crippen molar-refractivity contribution in [3.8, 4) is 0 Å². The van der Waals surface area contributed by atoms with E-state index in [-0.39, 0.29) is 57.8 Å². The number of carbonyl (C=O) groups excluding carboxylic acids is 2. The number of alkyl halides is 1. The predicted octanol–water partition coefficient (Wildman–Crippen LogP) is -2.46. The number of hydrogen-bond acceptors (Lipinski definition) is 7. The van der Waals surface area contributed by atoms with Crippen LogP contribution in [0.4, 0.5) is 4.39 Å². The van der Waals surface area contributed by atoms with Gasteiger partial charge in [-0.2, -0.15) is 0 Å². The number of esters is 2. The molecule has 23 heavy (non-hydrogen) atoms. The average molecular weight is 376 g/mol. The summed E-state index contributed by atoms with van der Waals surface area (Å²) in [5, 5.41) is 0. The van der Waals surface area contributed by atoms with Crippen molar-refractivity contribution in [3.63, 3.8) is 0 Å². The van der Waals surface area contributed by atoms with Gasteiger partial charge in [0.15, 0.2) is 0 Å². The molecule has 2 bridgehead atoms. The third kappa shape index (κ3) is 3.40. The molecule has 1 aliphatic heterocycles. The summed E-state index contributed by atoms with van der Waals surface area (Å²) in [6, 6.07) is 0. The molecule has 1 heterocycles. The van der Waals surface area contributed by atoms with Gasteiger partial charge in [-0.25, -0.2) is 17.6 Å². The van der Waals surface area contributed by atoms with Crippen LogP contribution in [0.15, 0.2) is 0 Å². The Morgan fingerprint density at radius 3 is 2.35 bits per heavy atom. The van der Waals surface area contributed by atoms with Crippen LogP contribution in [0, 0.1) is 10.8 Å². The van der Waals surface area contributed by atoms with Gasteiger partial charge in [-0.15, -0.1) is 0 Å². The normalized spacial score (nSPS) is 32.8. The van der Waals surface area contributed by atoms with Crippen molar-refractivity contribution >= 4 is 22.1 Å². The van der Waals surface area contributed by atoms with Crippen molar-refractivity contribution in [3.05, 3.63) is 0 Å². The van der Waals surface area contributed by atoms with Crippen LogP contribution in [0.25, 0.3) is 0 Å². The van der Waals surface area contributed by atoms with E-state index in [9.17, 15) is 27.0 Å². The van der Waals surface area contributed by atoms with Crippen molar-refractivity contribution in [2.45, 2.75) is 45.4 Å². The molecule has 0 N–H and O–H groups in total. The zero-order valence-electron chi connectivity index (χ0n) is 13.5. The van der Waals surface area contributed by atoms with Crippen LogP contribution in [0.3, 0.4) is 0 Å². The van der Waals surface area contributed by atoms with Gasteiger partial charge in [0.1, 0.15) is 12.8 Å². The smallest absolute Gasteiger partial charge is 0.748 e. The molecule has 7 nitrogen and oxygen atoms in total. The molecule has 2 aliphatic rings. The molecule has 0 spiro atoms. The standard InChI is InChI=1S/C13H19FO7S.K/c1-11(2)12(3)4-5-13(11,21-9(12)15)10(16)20-6-8(14)7-22(17,18)19;/h8H,4-7H2,1-3H3,(H,17,18,19);/q;+1/p-1. The van der Waals surface area contributed by atoms with Gasteiger partial charge in [0, 0.05) is 5.41 Å². The molecule has 0 aromatic heterocycles. The van der Waals surface area contributed by atoms with E-state index in [0.29, 0.717) is 6.42 Å². The Kier molecular flexibility index (Phi) is 6.17. The Morgan fingerprint density at radius 1 is 1.39 bits per heavy atom. The Bertz CT molecular complexity index is 620. The van der Waals surface area contributed by atoms with Crippen molar-refractivity contribution in [2.24, 2.45) is 10.8 Å². The molecule has 2 rings (SSSR count). The van der Waals surface area contributed by atoms with Crippen LogP contribution in [-0.4, -0.2) is 49.0 Å². The maximum absolute atomic E-state index is 13.4. The molecule has 0 aromatic carbocycles. The van der Waals surface area contributed by atoms with Crippen LogP contribution >= 0.6 is 0 Å². The van der Waals surface area contributed by atoms with E-state index in [4.69, 9.17) is 9.47 Å². The fourth-order valence-corrected chi connectivity index (χ4v) is 3.79. The van der Waals surface area contributed by atoms with Crippen LogP contribution < -0.4 is 51.4 Å². The number of fused-ring (bicyclic) bond motifs is 2. The van der Waals surface area contributed by atoms with E-state index in [1.165, 1.54) is 0 Å². The Morgan fingerprint density at radius 2 is 1.96 bits per heavy atom. The third-order valence-electron chi connectivity index (χ3n) is 5.19. The minimum Gasteiger partial charge on any atom is -0.748 e. The molecule has 0 aromatic rings. The zero-order valence-corrected chi connectivity index (χ0v) is 17.5. The van der Waals surface area contributed by atoms with Gasteiger partial charge >= 0.3 is 63.3 Å². The van der Waals surface area contributed by atoms with Gasteiger partial charge < -0.3 is 14.0 Å². The van der Waals surface area contributed by atoms with Gasteiger partial charge in [0.2, 0.25) is 5.60 Å². The Labute approximate surface area is 176 Å². The van der Waals surface area contributed by atoms with Crippen molar-refractivity contribution in [1.82, 2.24) is 0 Å². The first kappa shape index (κ1) is 21.5. The van der Waals surface area contributed by atoms with Crippen molar-refractivity contribution in [2.75, 3.05) is 12.4 Å². The van der Waals surface area contributed by atoms with E-state index >= 15 is 0 Å². The SMILES string of the molecule is CC12CCC(C(=O)OCC(F)CS(=O)(=O)[O-])(OC1=O)C2(C)C.[K+]. The second kappa shape index (κ2) is 6.62. The molecule has 126 valence electrons. The molecule has 0 radical (unpaired) electrons. The fourth-order valence-electron chi connectivity index (χ4n) is 3.25. The van der Waals surface area contributed by atoms with Gasteiger partial charge in [-0.3, -0.25) is 4.79 Å². The first-order chi connectivity index (χ1) is 9.86. The minimum atomic E-state index is -4.75. The molecule has 3 unspecified atom stereocenters. The topological polar surface area (TPSA) is 110 Å². The van der Waals surface area contributed by atoms with Crippen LogP contribution in [-0.2, 0) is 29.2 Å². The monoisotopic (exact) mass is 376 g/mol. The molecule has 2 fully saturated rings. The van der Waals surface area contributed by atoms with Crippen LogP contribution in [0.2, 0.25) is 0 Å². The van der Waals surface area contributed by atoms with Crippen LogP contribution in [0.5, 0.6) is 0 Å². The van der Waals surface area contributed by atoms with Crippen LogP contribution in [0.1, 0.15) is 33.6 Å². The van der Waals surface area contributed by atoms with Crippen molar-refractivity contribution in [1.29, 1.82) is 0 Å². The second-order valence-corrected chi connectivity index (χ2v) is 8.04. The van der Waals surface area contributed by atoms with Crippen molar-refractivity contribution < 1.29 is 87.8 Å². The molecular weight excluding hydrogens is 358 g/mol. The summed E-state index contributed by atoms with van der Waals surface area (Å²) in [5.41, 5.74) is -3.14. The first-order valence-corrected chi connectivity index (χ1v) is 8.42. The summed E-state index contributed by atoms with van der Waals surface area (Å²) >= 11 is 0. The Hall–Kier alpha value is 0.416. The zero-order chi connectivity index (χ0) is 17.0. The molecule has 0 amide bonds. The number of rotatable bonds is 5. The van der Waals surface area contributed by atoms with Gasteiger partial charge in [0.25, 0.3) is 0 Å². The van der Waals surface area contributed by atoms with E-state index in [1.54, 1.807) is 20.8 Å². The molecule has 1 saturated heterocycles. The molecule has 10 heteroatoms. The number of ether oxygens (including phenoxy) is 2. The average Bonchev–Trinajstić information content (AvgIpc) is 2.64. The van der Waals surface area contributed by atoms with Gasteiger partial charge in [0.05, 0.1) is 21.3 Å². The third-order valence-corrected chi connectivity index (χ3v) is 5.96. The summed E-state index contributed by atoms with van der Waals surface area (Å²) < 4.78 is 54.8. The van der Waals surface area contributed by atoms with Gasteiger partial charge in [-0.1, -0.05) is 13.8 Å². The molecular formula is C13H18FKO7S. The summed E-state index contributed by atoms with van der Waals surface area (Å²) in [7, 11) is -4.75. The molecule has 1 saturated carbocycles. The van der Waals surface area contributed by atoms with E-state index < -0.39 is 57.0 Å². The summed E-state index contributed by atoms with van der Waals surface area (Å²) in [4.78, 5) is 24.3. The number of carbonyl (C=O) groups is 2. The maximum atomic E-state index is 13.4. The number of hydrogen-bond donors (Lipinski definition) is 0. The quantitative estimate of drug-likeness (QED) is 0.297. The largest absolute Gasteiger partial charge is 1.00 e. The summed E-state index contributed by atoms with van der Waals surface area (Å²) in [6.45, 7) is 4.26. The minimum absolute atomic E-state index is 0. The second-order valence-electron chi connectivity index (χ2n) is 6.59. The number of halogens is 1. The predicted molar refractivity (Wildman–Crippen MR) is 70.4 cm³/mol. The Balaban J connectivity index is 0.00000264. The molecule has 3 atom stereocenters. The molecule has 1 aliphatic carbocycles. The van der Waals surface area contributed by atoms with E-state index in [1.807, 2.05) is 0 Å². The maximum Gasteiger partial charge on any atom is 1.00 e. The van der Waals surface area contributed by atoms with E-state index in [0.717, 1.165) is 0 Å². The first-order valence-electron chi connectivity index (χ1n) is 6.84. The van der Waals surface area contributed by atoms with Gasteiger partial charge in [-0.05, 0) is 19.8 Å². The summed E-state index contributed by atoms with van der Waals surface area (Å²) in [6.07, 6.45) is -1.41. The van der Waals surface area contributed by atoms with E-state index in [2.05, 4.69) is 0 Å². The summed E-state index contributed by atoms with van der Waals surface area (Å²) in [5.74, 6) is -2.67. The fraction of sp³-hybridized carbons (Fsp3) is 0.846.